The van der Waals surface area contributed by atoms with Gasteiger partial charge in [0.2, 0.25) is 0 Å². The van der Waals surface area contributed by atoms with E-state index in [9.17, 15) is 36.0 Å². The maximum Gasteiger partial charge on any atom is 0.264 e. The highest BCUT2D eigenvalue weighted by atomic mass is 79.9. The van der Waals surface area contributed by atoms with Gasteiger partial charge in [-0.05, 0) is 40.4 Å². The number of benzene rings is 5. The third-order valence-electron chi connectivity index (χ3n) is 8.88. The summed E-state index contributed by atoms with van der Waals surface area (Å²) in [5, 5.41) is 5.11. The van der Waals surface area contributed by atoms with E-state index >= 15 is 0 Å². The zero-order chi connectivity index (χ0) is 37.3. The first-order chi connectivity index (χ1) is 24.6. The van der Waals surface area contributed by atoms with Crippen molar-refractivity contribution in [3.8, 4) is 0 Å². The van der Waals surface area contributed by atoms with Crippen molar-refractivity contribution in [1.29, 1.82) is 0 Å². The molecule has 0 bridgehead atoms. The molecule has 0 aromatic heterocycles. The summed E-state index contributed by atoms with van der Waals surface area (Å²) in [6.45, 7) is -0.698. The minimum Gasteiger partial charge on any atom is -0.377 e. The molecule has 5 aromatic rings. The maximum atomic E-state index is 13.9. The van der Waals surface area contributed by atoms with Crippen molar-refractivity contribution in [2.24, 2.45) is 0 Å². The van der Waals surface area contributed by atoms with Crippen LogP contribution >= 0.6 is 31.9 Å². The molecule has 0 aliphatic carbocycles. The van der Waals surface area contributed by atoms with Crippen LogP contribution in [0.25, 0.3) is 43.1 Å². The second kappa shape index (κ2) is 13.7. The summed E-state index contributed by atoms with van der Waals surface area (Å²) >= 11 is 7.38. The van der Waals surface area contributed by atoms with Gasteiger partial charge < -0.3 is 9.47 Å². The predicted molar refractivity (Wildman–Crippen MR) is 197 cm³/mol. The Hall–Kier alpha value is -3.62. The molecule has 0 saturated carbocycles. The van der Waals surface area contributed by atoms with Gasteiger partial charge >= 0.3 is 0 Å². The molecular weight excluding hydrogens is 852 g/mol. The van der Waals surface area contributed by atoms with Gasteiger partial charge in [0.1, 0.15) is 0 Å². The molecule has 52 heavy (non-hydrogen) atoms. The Morgan fingerprint density at radius 3 is 1.29 bits per heavy atom. The van der Waals surface area contributed by atoms with Crippen molar-refractivity contribution in [1.82, 2.24) is 9.80 Å². The lowest BCUT2D eigenvalue weighted by molar-refractivity contribution is 0.0482. The van der Waals surface area contributed by atoms with Gasteiger partial charge in [0.05, 0.1) is 65.2 Å². The highest BCUT2D eigenvalue weighted by molar-refractivity contribution is 9.11. The van der Waals surface area contributed by atoms with Crippen molar-refractivity contribution < 1.29 is 53.9 Å². The van der Waals surface area contributed by atoms with Gasteiger partial charge in [0, 0.05) is 58.1 Å². The lowest BCUT2D eigenvalue weighted by Gasteiger charge is -2.30. The molecule has 5 aromatic carbocycles. The number of nitrogens with zero attached hydrogens (tertiary/aromatic N) is 2. The minimum atomic E-state index is -3.63. The SMILES string of the molecule is CS(=O)(=O)OCCOCCN1C(=O)c2ccc3c4c(Br)cc5c6c(cc(Br)c(c7ccc(c2c37)C1=O)c64)C(=O)N(CCOCCOS(C)(=O)=O)C5=O. The van der Waals surface area contributed by atoms with Gasteiger partial charge in [0.25, 0.3) is 43.9 Å². The van der Waals surface area contributed by atoms with Gasteiger partial charge in [-0.2, -0.15) is 16.8 Å². The molecule has 272 valence electrons. The summed E-state index contributed by atoms with van der Waals surface area (Å²) in [4.78, 5) is 57.5. The average molecular weight is 881 g/mol. The molecule has 0 saturated heterocycles. The topological polar surface area (TPSA) is 180 Å². The molecule has 0 unspecified atom stereocenters. The van der Waals surface area contributed by atoms with Crippen LogP contribution in [0.15, 0.2) is 45.3 Å². The van der Waals surface area contributed by atoms with Gasteiger partial charge in [-0.1, -0.05) is 44.0 Å². The van der Waals surface area contributed by atoms with Gasteiger partial charge in [-0.15, -0.1) is 0 Å². The smallest absolute Gasteiger partial charge is 0.264 e. The number of fused-ring (bicyclic) bond motifs is 2. The molecule has 2 aliphatic heterocycles. The molecular formula is C34H28Br2N2O12S2. The molecule has 2 aliphatic rings. The minimum absolute atomic E-state index is 0.0264. The van der Waals surface area contributed by atoms with Crippen LogP contribution in [0.1, 0.15) is 41.4 Å². The Kier molecular flexibility index (Phi) is 9.65. The lowest BCUT2D eigenvalue weighted by atomic mass is 9.82. The van der Waals surface area contributed by atoms with E-state index in [2.05, 4.69) is 40.2 Å². The largest absolute Gasteiger partial charge is 0.377 e. The predicted octanol–water partition coefficient (Wildman–Crippen LogP) is 4.44. The van der Waals surface area contributed by atoms with Crippen LogP contribution in [-0.4, -0.2) is 116 Å². The van der Waals surface area contributed by atoms with Crippen molar-refractivity contribution in [3.05, 3.63) is 67.6 Å². The third-order valence-corrected chi connectivity index (χ3v) is 11.3. The fourth-order valence-corrected chi connectivity index (χ4v) is 8.90. The second-order valence-corrected chi connectivity index (χ2v) is 17.2. The summed E-state index contributed by atoms with van der Waals surface area (Å²) < 4.78 is 66.0. The number of rotatable bonds is 14. The van der Waals surface area contributed by atoms with E-state index in [1.807, 2.05) is 0 Å². The van der Waals surface area contributed by atoms with Crippen LogP contribution in [-0.2, 0) is 38.1 Å². The molecule has 0 atom stereocenters. The van der Waals surface area contributed by atoms with Gasteiger partial charge in [-0.25, -0.2) is 0 Å². The number of imide groups is 2. The molecule has 0 N–H and O–H groups in total. The first-order valence-electron chi connectivity index (χ1n) is 15.7. The molecule has 18 heteroatoms. The monoisotopic (exact) mass is 878 g/mol. The van der Waals surface area contributed by atoms with Crippen LogP contribution in [0.3, 0.4) is 0 Å². The number of hydrogen-bond donors (Lipinski definition) is 0. The average Bonchev–Trinajstić information content (AvgIpc) is 3.07. The van der Waals surface area contributed by atoms with Crippen LogP contribution in [0.5, 0.6) is 0 Å². The maximum absolute atomic E-state index is 13.9. The lowest BCUT2D eigenvalue weighted by Crippen LogP contribution is -2.42. The number of ether oxygens (including phenoxy) is 2. The summed E-state index contributed by atoms with van der Waals surface area (Å²) in [5.41, 5.74) is 1.25. The van der Waals surface area contributed by atoms with Crippen molar-refractivity contribution in [3.63, 3.8) is 0 Å². The summed E-state index contributed by atoms with van der Waals surface area (Å²) in [7, 11) is -7.25. The normalized spacial score (nSPS) is 15.1. The fraction of sp³-hybridized carbons (Fsp3) is 0.294. The Morgan fingerprint density at radius 1 is 0.500 bits per heavy atom. The number of carbonyl (C=O) groups is 4. The van der Waals surface area contributed by atoms with Crippen molar-refractivity contribution in [2.75, 3.05) is 65.2 Å². The standard InChI is InChI=1S/C34H28Br2N2O12S2/c1-51(43,44)49-13-11-47-9-7-37-31(39)19-5-3-17-25-18(4-6-20(26(19)25)32(37)40)29-24(36)16-22-27-21(15-23(35)28(17)30(27)29)33(41)38(34(22)42)8-10-48-12-14-50-52(2,45)46/h3-6,15-16H,7-14H2,1-2H3. The number of hydrogen-bond acceptors (Lipinski definition) is 12. The zero-order valence-corrected chi connectivity index (χ0v) is 32.3. The third kappa shape index (κ3) is 6.38. The zero-order valence-electron chi connectivity index (χ0n) is 27.5. The van der Waals surface area contributed by atoms with Crippen LogP contribution in [0.2, 0.25) is 0 Å². The van der Waals surface area contributed by atoms with E-state index in [1.54, 1.807) is 36.4 Å². The van der Waals surface area contributed by atoms with Crippen LogP contribution in [0.4, 0.5) is 0 Å². The molecule has 0 spiro atoms. The van der Waals surface area contributed by atoms with E-state index in [-0.39, 0.29) is 52.7 Å². The van der Waals surface area contributed by atoms with Gasteiger partial charge in [-0.3, -0.25) is 37.3 Å². The van der Waals surface area contributed by atoms with Crippen molar-refractivity contribution in [2.45, 2.75) is 0 Å². The summed E-state index contributed by atoms with van der Waals surface area (Å²) in [6.07, 6.45) is 1.85. The first kappa shape index (κ1) is 36.7. The Labute approximate surface area is 313 Å². The molecule has 2 heterocycles. The van der Waals surface area contributed by atoms with Gasteiger partial charge in [0.15, 0.2) is 0 Å². The number of carbonyl (C=O) groups excluding carboxylic acids is 4. The molecule has 4 amide bonds. The quantitative estimate of drug-likeness (QED) is 0.0504. The Morgan fingerprint density at radius 2 is 0.885 bits per heavy atom. The highest BCUT2D eigenvalue weighted by Crippen LogP contribution is 2.50. The first-order valence-corrected chi connectivity index (χ1v) is 21.0. The summed E-state index contributed by atoms with van der Waals surface area (Å²) in [6, 6.07) is 10.3. The van der Waals surface area contributed by atoms with Crippen LogP contribution < -0.4 is 0 Å². The molecule has 0 radical (unpaired) electrons. The Bertz CT molecular complexity index is 2480. The fourth-order valence-electron chi connectivity index (χ4n) is 6.88. The van der Waals surface area contributed by atoms with E-state index < -0.39 is 43.9 Å². The Balaban J connectivity index is 1.26. The van der Waals surface area contributed by atoms with Crippen molar-refractivity contribution >= 4 is 119 Å². The molecule has 0 fully saturated rings. The number of halogens is 2. The van der Waals surface area contributed by atoms with Crippen LogP contribution in [0, 0.1) is 0 Å². The van der Waals surface area contributed by atoms with E-state index in [4.69, 9.17) is 9.47 Å². The number of amides is 4. The van der Waals surface area contributed by atoms with E-state index in [0.29, 0.717) is 74.3 Å². The highest BCUT2D eigenvalue weighted by Gasteiger charge is 2.38. The molecule has 7 rings (SSSR count). The van der Waals surface area contributed by atoms with E-state index in [1.165, 1.54) is 0 Å². The summed E-state index contributed by atoms with van der Waals surface area (Å²) in [5.74, 6) is -2.05. The molecule has 14 nitrogen and oxygen atoms in total. The van der Waals surface area contributed by atoms with E-state index in [0.717, 1.165) is 22.3 Å². The second-order valence-electron chi connectivity index (χ2n) is 12.2.